The molecule has 0 saturated carbocycles. The summed E-state index contributed by atoms with van der Waals surface area (Å²) in [5.41, 5.74) is 0. The van der Waals surface area contributed by atoms with E-state index in [1.54, 1.807) is 12.7 Å². The van der Waals surface area contributed by atoms with Crippen LogP contribution < -0.4 is 5.32 Å². The molecule has 23 heavy (non-hydrogen) atoms. The highest BCUT2D eigenvalue weighted by Gasteiger charge is 2.28. The third kappa shape index (κ3) is 7.28. The first-order valence-electron chi connectivity index (χ1n) is 8.10. The Morgan fingerprint density at radius 2 is 2.04 bits per heavy atom. The Kier molecular flexibility index (Phi) is 9.26. The molecule has 1 aromatic rings. The molecule has 1 aliphatic rings. The van der Waals surface area contributed by atoms with Crippen molar-refractivity contribution in [1.29, 1.82) is 0 Å². The van der Waals surface area contributed by atoms with Crippen LogP contribution in [-0.4, -0.2) is 62.3 Å². The van der Waals surface area contributed by atoms with Gasteiger partial charge in [-0.25, -0.2) is 0 Å². The number of nitrogens with zero attached hydrogens (tertiary/aromatic N) is 5. The molecule has 0 amide bonds. The standard InChI is InChI=1S/C15H28N6S.HI/c1-4-16-14(21-9-10-22-15(2,3)11-21)17-7-5-6-8-20-12-18-19-13-20;/h12-13H,4-11H2,1-3H3,(H,16,17);1H. The number of halogens is 1. The van der Waals surface area contributed by atoms with Gasteiger partial charge in [-0.2, -0.15) is 11.8 Å². The molecule has 0 aliphatic carbocycles. The van der Waals surface area contributed by atoms with Gasteiger partial charge in [-0.05, 0) is 33.6 Å². The van der Waals surface area contributed by atoms with Gasteiger partial charge in [-0.15, -0.1) is 34.2 Å². The molecule has 6 nitrogen and oxygen atoms in total. The normalized spacial score (nSPS) is 17.7. The van der Waals surface area contributed by atoms with Crippen molar-refractivity contribution in [1.82, 2.24) is 25.0 Å². The number of unbranched alkanes of at least 4 members (excludes halogenated alkanes) is 1. The van der Waals surface area contributed by atoms with Crippen LogP contribution in [0.1, 0.15) is 33.6 Å². The highest BCUT2D eigenvalue weighted by molar-refractivity contribution is 14.0. The first-order chi connectivity index (χ1) is 10.6. The second kappa shape index (κ2) is 10.4. The largest absolute Gasteiger partial charge is 0.357 e. The minimum Gasteiger partial charge on any atom is -0.357 e. The third-order valence-electron chi connectivity index (χ3n) is 3.61. The van der Waals surface area contributed by atoms with Gasteiger partial charge < -0.3 is 14.8 Å². The summed E-state index contributed by atoms with van der Waals surface area (Å²) in [5, 5.41) is 11.1. The van der Waals surface area contributed by atoms with Crippen molar-refractivity contribution in [2.75, 3.05) is 31.9 Å². The van der Waals surface area contributed by atoms with Gasteiger partial charge in [0.2, 0.25) is 0 Å². The van der Waals surface area contributed by atoms with Crippen LogP contribution in [-0.2, 0) is 6.54 Å². The van der Waals surface area contributed by atoms with Crippen LogP contribution in [0.25, 0.3) is 0 Å². The van der Waals surface area contributed by atoms with Crippen LogP contribution in [0.2, 0.25) is 0 Å². The Hall–Kier alpha value is -0.510. The molecule has 1 aliphatic heterocycles. The van der Waals surface area contributed by atoms with Gasteiger partial charge in [0.05, 0.1) is 0 Å². The summed E-state index contributed by atoms with van der Waals surface area (Å²) in [5.74, 6) is 2.24. The second-order valence-corrected chi connectivity index (χ2v) is 7.97. The van der Waals surface area contributed by atoms with E-state index in [-0.39, 0.29) is 24.0 Å². The van der Waals surface area contributed by atoms with E-state index in [1.807, 2.05) is 4.57 Å². The maximum Gasteiger partial charge on any atom is 0.193 e. The van der Waals surface area contributed by atoms with E-state index in [0.29, 0.717) is 4.75 Å². The number of hydrogen-bond donors (Lipinski definition) is 1. The Morgan fingerprint density at radius 1 is 1.30 bits per heavy atom. The Labute approximate surface area is 160 Å². The Balaban J connectivity index is 0.00000264. The zero-order valence-corrected chi connectivity index (χ0v) is 17.5. The quantitative estimate of drug-likeness (QED) is 0.311. The molecule has 132 valence electrons. The number of guanidine groups is 1. The molecular formula is C15H29IN6S. The Morgan fingerprint density at radius 3 is 2.70 bits per heavy atom. The second-order valence-electron chi connectivity index (χ2n) is 6.17. The molecule has 0 spiro atoms. The van der Waals surface area contributed by atoms with E-state index in [2.05, 4.69) is 52.9 Å². The number of nitrogens with one attached hydrogen (secondary N) is 1. The first-order valence-corrected chi connectivity index (χ1v) is 9.09. The highest BCUT2D eigenvalue weighted by Crippen LogP contribution is 2.29. The lowest BCUT2D eigenvalue weighted by Gasteiger charge is -2.39. The minimum absolute atomic E-state index is 0. The van der Waals surface area contributed by atoms with Gasteiger partial charge in [-0.1, -0.05) is 0 Å². The van der Waals surface area contributed by atoms with Gasteiger partial charge in [0.1, 0.15) is 12.7 Å². The van der Waals surface area contributed by atoms with Crippen LogP contribution in [0.3, 0.4) is 0 Å². The molecule has 2 heterocycles. The van der Waals surface area contributed by atoms with Crippen molar-refractivity contribution < 1.29 is 0 Å². The molecule has 1 fully saturated rings. The molecule has 0 aromatic carbocycles. The van der Waals surface area contributed by atoms with E-state index in [0.717, 1.165) is 51.5 Å². The summed E-state index contributed by atoms with van der Waals surface area (Å²) in [6.07, 6.45) is 5.71. The monoisotopic (exact) mass is 452 g/mol. The van der Waals surface area contributed by atoms with E-state index < -0.39 is 0 Å². The van der Waals surface area contributed by atoms with Gasteiger partial charge >= 0.3 is 0 Å². The zero-order valence-electron chi connectivity index (χ0n) is 14.4. The van der Waals surface area contributed by atoms with E-state index in [1.165, 1.54) is 5.75 Å². The van der Waals surface area contributed by atoms with Crippen LogP contribution in [0, 0.1) is 0 Å². The SMILES string of the molecule is CCNC(=NCCCCn1cnnc1)N1CCSC(C)(C)C1.I. The fourth-order valence-corrected chi connectivity index (χ4v) is 3.66. The zero-order chi connectivity index (χ0) is 15.8. The van der Waals surface area contributed by atoms with Gasteiger partial charge in [0, 0.05) is 43.2 Å². The number of hydrogen-bond acceptors (Lipinski definition) is 4. The fraction of sp³-hybridized carbons (Fsp3) is 0.800. The molecule has 0 radical (unpaired) electrons. The van der Waals surface area contributed by atoms with Crippen LogP contribution in [0.4, 0.5) is 0 Å². The minimum atomic E-state index is 0. The van der Waals surface area contributed by atoms with Crippen molar-refractivity contribution in [3.05, 3.63) is 12.7 Å². The van der Waals surface area contributed by atoms with E-state index in [4.69, 9.17) is 4.99 Å². The molecule has 0 atom stereocenters. The average Bonchev–Trinajstić information content (AvgIpc) is 2.98. The van der Waals surface area contributed by atoms with E-state index >= 15 is 0 Å². The molecule has 1 N–H and O–H groups in total. The van der Waals surface area contributed by atoms with Crippen LogP contribution >= 0.6 is 35.7 Å². The van der Waals surface area contributed by atoms with Crippen molar-refractivity contribution >= 4 is 41.7 Å². The predicted octanol–water partition coefficient (Wildman–Crippen LogP) is 2.47. The third-order valence-corrected chi connectivity index (χ3v) is 4.91. The van der Waals surface area contributed by atoms with Crippen molar-refractivity contribution in [3.63, 3.8) is 0 Å². The topological polar surface area (TPSA) is 58.3 Å². The molecule has 1 aromatic heterocycles. The van der Waals surface area contributed by atoms with Crippen LogP contribution in [0.5, 0.6) is 0 Å². The summed E-state index contributed by atoms with van der Waals surface area (Å²) in [7, 11) is 0. The van der Waals surface area contributed by atoms with E-state index in [9.17, 15) is 0 Å². The summed E-state index contributed by atoms with van der Waals surface area (Å²) in [4.78, 5) is 7.21. The highest BCUT2D eigenvalue weighted by atomic mass is 127. The maximum absolute atomic E-state index is 4.80. The lowest BCUT2D eigenvalue weighted by Crippen LogP contribution is -2.51. The van der Waals surface area contributed by atoms with Crippen molar-refractivity contribution in [3.8, 4) is 0 Å². The molecular weight excluding hydrogens is 423 g/mol. The summed E-state index contributed by atoms with van der Waals surface area (Å²) >= 11 is 2.05. The van der Waals surface area contributed by atoms with Gasteiger partial charge in [0.25, 0.3) is 0 Å². The lowest BCUT2D eigenvalue weighted by atomic mass is 10.2. The number of aryl methyl sites for hydroxylation is 1. The molecule has 0 bridgehead atoms. The predicted molar refractivity (Wildman–Crippen MR) is 109 cm³/mol. The lowest BCUT2D eigenvalue weighted by molar-refractivity contribution is 0.375. The number of thioether (sulfide) groups is 1. The van der Waals surface area contributed by atoms with Crippen molar-refractivity contribution in [2.24, 2.45) is 4.99 Å². The number of aromatic nitrogens is 3. The summed E-state index contributed by atoms with van der Waals surface area (Å²) < 4.78 is 2.32. The van der Waals surface area contributed by atoms with Crippen molar-refractivity contribution in [2.45, 2.75) is 44.9 Å². The summed E-state index contributed by atoms with van der Waals surface area (Å²) in [6, 6.07) is 0. The Bertz CT molecular complexity index is 463. The molecule has 8 heteroatoms. The fourth-order valence-electron chi connectivity index (χ4n) is 2.55. The number of aliphatic imine (C=N–C) groups is 1. The van der Waals surface area contributed by atoms with Gasteiger partial charge in [0.15, 0.2) is 5.96 Å². The molecule has 1 saturated heterocycles. The molecule has 0 unspecified atom stereocenters. The van der Waals surface area contributed by atoms with Crippen LogP contribution in [0.15, 0.2) is 17.6 Å². The average molecular weight is 452 g/mol. The number of rotatable bonds is 6. The summed E-state index contributed by atoms with van der Waals surface area (Å²) in [6.45, 7) is 11.7. The molecule has 2 rings (SSSR count). The smallest absolute Gasteiger partial charge is 0.193 e. The maximum atomic E-state index is 4.80. The first kappa shape index (κ1) is 20.5. The van der Waals surface area contributed by atoms with Gasteiger partial charge in [-0.3, -0.25) is 4.99 Å².